The summed E-state index contributed by atoms with van der Waals surface area (Å²) in [6.45, 7) is -0.00690. The van der Waals surface area contributed by atoms with Crippen molar-refractivity contribution >= 4 is 40.7 Å². The zero-order valence-corrected chi connectivity index (χ0v) is 10.6. The van der Waals surface area contributed by atoms with Crippen molar-refractivity contribution in [2.24, 2.45) is 0 Å². The Bertz CT molecular complexity index is 583. The van der Waals surface area contributed by atoms with Crippen LogP contribution in [0, 0.1) is 0 Å². The SMILES string of the molecule is Nc1ncn(CC(=O)Nc2cccc(Cl)c2Cl)n1. The minimum atomic E-state index is -0.302. The fourth-order valence-corrected chi connectivity index (χ4v) is 1.67. The summed E-state index contributed by atoms with van der Waals surface area (Å²) in [6.07, 6.45) is 1.37. The van der Waals surface area contributed by atoms with Crippen LogP contribution in [-0.4, -0.2) is 20.7 Å². The van der Waals surface area contributed by atoms with Crippen LogP contribution in [0.3, 0.4) is 0 Å². The van der Waals surface area contributed by atoms with Gasteiger partial charge in [-0.25, -0.2) is 9.67 Å². The molecule has 0 aliphatic carbocycles. The zero-order valence-electron chi connectivity index (χ0n) is 9.10. The van der Waals surface area contributed by atoms with Gasteiger partial charge < -0.3 is 11.1 Å². The number of anilines is 2. The molecule has 0 aliphatic heterocycles. The Kier molecular flexibility index (Phi) is 3.69. The Balaban J connectivity index is 2.05. The summed E-state index contributed by atoms with van der Waals surface area (Å²) < 4.78 is 1.32. The molecule has 0 bridgehead atoms. The molecule has 0 unspecified atom stereocenters. The first-order valence-corrected chi connectivity index (χ1v) is 5.70. The largest absolute Gasteiger partial charge is 0.367 e. The van der Waals surface area contributed by atoms with Gasteiger partial charge in [0.05, 0.1) is 15.7 Å². The van der Waals surface area contributed by atoms with E-state index < -0.39 is 0 Å². The molecule has 1 heterocycles. The van der Waals surface area contributed by atoms with Crippen LogP contribution in [0.4, 0.5) is 11.6 Å². The second-order valence-electron chi connectivity index (χ2n) is 3.45. The highest BCUT2D eigenvalue weighted by Crippen LogP contribution is 2.29. The number of hydrogen-bond acceptors (Lipinski definition) is 4. The molecule has 2 aromatic rings. The molecule has 0 spiro atoms. The summed E-state index contributed by atoms with van der Waals surface area (Å²) in [5, 5.41) is 7.09. The number of carbonyl (C=O) groups is 1. The highest BCUT2D eigenvalue weighted by Gasteiger charge is 2.09. The summed E-state index contributed by atoms with van der Waals surface area (Å²) in [5.41, 5.74) is 5.78. The summed E-state index contributed by atoms with van der Waals surface area (Å²) in [5.74, 6) is -0.187. The van der Waals surface area contributed by atoms with E-state index in [0.717, 1.165) is 0 Å². The molecule has 0 fully saturated rings. The highest BCUT2D eigenvalue weighted by molar-refractivity contribution is 6.43. The summed E-state index contributed by atoms with van der Waals surface area (Å²) >= 11 is 11.8. The Labute approximate surface area is 113 Å². The van der Waals surface area contributed by atoms with Crippen molar-refractivity contribution < 1.29 is 4.79 Å². The van der Waals surface area contributed by atoms with Crippen LogP contribution in [0.2, 0.25) is 10.0 Å². The maximum atomic E-state index is 11.7. The first-order valence-electron chi connectivity index (χ1n) is 4.95. The van der Waals surface area contributed by atoms with E-state index in [0.29, 0.717) is 15.7 Å². The maximum Gasteiger partial charge on any atom is 0.246 e. The van der Waals surface area contributed by atoms with E-state index in [-0.39, 0.29) is 18.4 Å². The van der Waals surface area contributed by atoms with E-state index in [1.165, 1.54) is 11.0 Å². The van der Waals surface area contributed by atoms with Crippen molar-refractivity contribution in [3.8, 4) is 0 Å². The number of rotatable bonds is 3. The van der Waals surface area contributed by atoms with Gasteiger partial charge >= 0.3 is 0 Å². The van der Waals surface area contributed by atoms with Gasteiger partial charge in [-0.15, -0.1) is 5.10 Å². The van der Waals surface area contributed by atoms with Gasteiger partial charge in [0, 0.05) is 0 Å². The third-order valence-corrected chi connectivity index (χ3v) is 2.90. The molecule has 18 heavy (non-hydrogen) atoms. The molecule has 0 saturated carbocycles. The third-order valence-electron chi connectivity index (χ3n) is 2.09. The van der Waals surface area contributed by atoms with E-state index in [1.807, 2.05) is 0 Å². The van der Waals surface area contributed by atoms with Crippen molar-refractivity contribution in [1.82, 2.24) is 14.8 Å². The Morgan fingerprint density at radius 2 is 2.22 bits per heavy atom. The lowest BCUT2D eigenvalue weighted by Gasteiger charge is -2.07. The van der Waals surface area contributed by atoms with Crippen molar-refractivity contribution in [3.63, 3.8) is 0 Å². The molecule has 1 aromatic carbocycles. The third kappa shape index (κ3) is 2.91. The number of hydrogen-bond donors (Lipinski definition) is 2. The Morgan fingerprint density at radius 1 is 1.44 bits per heavy atom. The monoisotopic (exact) mass is 285 g/mol. The standard InChI is InChI=1S/C10H9Cl2N5O/c11-6-2-1-3-7(9(6)12)15-8(18)4-17-5-14-10(13)16-17/h1-3,5H,4H2,(H2,13,16)(H,15,18). The number of nitrogens with two attached hydrogens (primary N) is 1. The average Bonchev–Trinajstić information content (AvgIpc) is 2.70. The van der Waals surface area contributed by atoms with Gasteiger partial charge in [-0.1, -0.05) is 29.3 Å². The second kappa shape index (κ2) is 5.24. The number of carbonyl (C=O) groups excluding carboxylic acids is 1. The van der Waals surface area contributed by atoms with Gasteiger partial charge in [0.15, 0.2) is 0 Å². The van der Waals surface area contributed by atoms with Gasteiger partial charge in [-0.05, 0) is 12.1 Å². The molecule has 0 aliphatic rings. The number of benzene rings is 1. The van der Waals surface area contributed by atoms with E-state index in [9.17, 15) is 4.79 Å². The fourth-order valence-electron chi connectivity index (χ4n) is 1.32. The minimum absolute atomic E-state index is 0.00690. The molecule has 8 heteroatoms. The van der Waals surface area contributed by atoms with Gasteiger partial charge in [0.25, 0.3) is 0 Å². The lowest BCUT2D eigenvalue weighted by atomic mass is 10.3. The first kappa shape index (κ1) is 12.7. The zero-order chi connectivity index (χ0) is 13.1. The minimum Gasteiger partial charge on any atom is -0.367 e. The molecule has 0 radical (unpaired) electrons. The van der Waals surface area contributed by atoms with Crippen molar-refractivity contribution in [3.05, 3.63) is 34.6 Å². The van der Waals surface area contributed by atoms with Crippen LogP contribution in [0.25, 0.3) is 0 Å². The normalized spacial score (nSPS) is 10.3. The van der Waals surface area contributed by atoms with Crippen molar-refractivity contribution in [2.75, 3.05) is 11.1 Å². The van der Waals surface area contributed by atoms with Gasteiger partial charge in [0.1, 0.15) is 12.9 Å². The van der Waals surface area contributed by atoms with E-state index in [2.05, 4.69) is 15.4 Å². The van der Waals surface area contributed by atoms with Crippen LogP contribution in [0.5, 0.6) is 0 Å². The number of halogens is 2. The first-order chi connectivity index (χ1) is 8.56. The fraction of sp³-hybridized carbons (Fsp3) is 0.100. The quantitative estimate of drug-likeness (QED) is 0.901. The molecule has 1 amide bonds. The molecule has 94 valence electrons. The second-order valence-corrected chi connectivity index (χ2v) is 4.24. The Hall–Kier alpha value is -1.79. The Morgan fingerprint density at radius 3 is 2.89 bits per heavy atom. The number of nitrogens with one attached hydrogen (secondary N) is 1. The highest BCUT2D eigenvalue weighted by atomic mass is 35.5. The van der Waals surface area contributed by atoms with E-state index in [1.54, 1.807) is 18.2 Å². The van der Waals surface area contributed by atoms with Crippen molar-refractivity contribution in [1.29, 1.82) is 0 Å². The van der Waals surface area contributed by atoms with Crippen molar-refractivity contribution in [2.45, 2.75) is 6.54 Å². The predicted molar refractivity (Wildman–Crippen MR) is 69.5 cm³/mol. The van der Waals surface area contributed by atoms with Crippen LogP contribution >= 0.6 is 23.2 Å². The van der Waals surface area contributed by atoms with E-state index in [4.69, 9.17) is 28.9 Å². The number of nitrogen functional groups attached to an aromatic ring is 1. The summed E-state index contributed by atoms with van der Waals surface area (Å²) in [6, 6.07) is 4.98. The number of amides is 1. The van der Waals surface area contributed by atoms with Crippen LogP contribution in [-0.2, 0) is 11.3 Å². The molecule has 3 N–H and O–H groups in total. The molecule has 0 atom stereocenters. The lowest BCUT2D eigenvalue weighted by Crippen LogP contribution is -2.19. The molecule has 0 saturated heterocycles. The summed E-state index contributed by atoms with van der Waals surface area (Å²) in [4.78, 5) is 15.4. The number of aromatic nitrogens is 3. The average molecular weight is 286 g/mol. The molecule has 6 nitrogen and oxygen atoms in total. The predicted octanol–water partition coefficient (Wildman–Crippen LogP) is 1.81. The van der Waals surface area contributed by atoms with Gasteiger partial charge in [-0.2, -0.15) is 0 Å². The topological polar surface area (TPSA) is 85.8 Å². The maximum absolute atomic E-state index is 11.7. The van der Waals surface area contributed by atoms with Gasteiger partial charge in [0.2, 0.25) is 11.9 Å². The lowest BCUT2D eigenvalue weighted by molar-refractivity contribution is -0.116. The van der Waals surface area contributed by atoms with Gasteiger partial charge in [-0.3, -0.25) is 4.79 Å². The smallest absolute Gasteiger partial charge is 0.246 e. The molecule has 2 rings (SSSR count). The molecule has 1 aromatic heterocycles. The summed E-state index contributed by atoms with van der Waals surface area (Å²) in [7, 11) is 0. The van der Waals surface area contributed by atoms with Crippen LogP contribution < -0.4 is 11.1 Å². The number of nitrogens with zero attached hydrogens (tertiary/aromatic N) is 3. The molecular weight excluding hydrogens is 277 g/mol. The van der Waals surface area contributed by atoms with E-state index >= 15 is 0 Å². The molecular formula is C10H9Cl2N5O. The van der Waals surface area contributed by atoms with Crippen LogP contribution in [0.15, 0.2) is 24.5 Å². The van der Waals surface area contributed by atoms with Crippen LogP contribution in [0.1, 0.15) is 0 Å².